The maximum Gasteiger partial charge on any atom is 0.395 e. The fraction of sp³-hybridized carbons (Fsp3) is 0.364. The summed E-state index contributed by atoms with van der Waals surface area (Å²) in [4.78, 5) is 10.2. The van der Waals surface area contributed by atoms with Crippen LogP contribution in [0.5, 0.6) is 0 Å². The molecule has 0 spiro atoms. The van der Waals surface area contributed by atoms with Crippen LogP contribution >= 0.6 is 0 Å². The van der Waals surface area contributed by atoms with Crippen molar-refractivity contribution in [3.63, 3.8) is 0 Å². The third-order valence-corrected chi connectivity index (χ3v) is 3.53. The predicted octanol–water partition coefficient (Wildman–Crippen LogP) is 2.32. The highest BCUT2D eigenvalue weighted by Crippen LogP contribution is 2.63. The molecular weight excluding hydrogens is 310 g/mol. The molecule has 1 aromatic carbocycles. The molecule has 0 bridgehead atoms. The molecule has 1 aromatic heterocycles. The van der Waals surface area contributed by atoms with E-state index in [2.05, 4.69) is 15.5 Å². The number of benzene rings is 1. The molecule has 116 valence electrons. The van der Waals surface area contributed by atoms with E-state index in [-0.39, 0.29) is 5.69 Å². The number of hydrogen-bond acceptors (Lipinski definition) is 5. The van der Waals surface area contributed by atoms with Gasteiger partial charge in [-0.3, -0.25) is 10.1 Å². The molecule has 2 atom stereocenters. The van der Waals surface area contributed by atoms with Crippen LogP contribution in [0.15, 0.2) is 24.5 Å². The van der Waals surface area contributed by atoms with E-state index in [0.717, 1.165) is 23.1 Å². The fourth-order valence-electron chi connectivity index (χ4n) is 2.36. The first-order valence-corrected chi connectivity index (χ1v) is 6.01. The molecule has 11 heteroatoms. The van der Waals surface area contributed by atoms with E-state index in [1.807, 2.05) is 0 Å². The first kappa shape index (κ1) is 14.4. The van der Waals surface area contributed by atoms with Crippen LogP contribution in [-0.4, -0.2) is 31.3 Å². The second kappa shape index (κ2) is 4.45. The van der Waals surface area contributed by atoms with Crippen molar-refractivity contribution in [2.45, 2.75) is 18.3 Å². The number of halogens is 4. The molecule has 2 unspecified atom stereocenters. The minimum atomic E-state index is -4.74. The number of alkyl halides is 4. The van der Waals surface area contributed by atoms with Crippen LogP contribution in [0.3, 0.4) is 0 Å². The summed E-state index contributed by atoms with van der Waals surface area (Å²) in [5.74, 6) is -2.22. The molecule has 0 N–H and O–H groups in total. The highest BCUT2D eigenvalue weighted by Gasteiger charge is 2.70. The fourth-order valence-corrected chi connectivity index (χ4v) is 2.36. The van der Waals surface area contributed by atoms with E-state index in [4.69, 9.17) is 0 Å². The van der Waals surface area contributed by atoms with Gasteiger partial charge in [0.1, 0.15) is 6.33 Å². The number of hydrogen-bond donors (Lipinski definition) is 0. The first-order valence-electron chi connectivity index (χ1n) is 6.01. The minimum absolute atomic E-state index is 0.147. The van der Waals surface area contributed by atoms with E-state index in [1.54, 1.807) is 0 Å². The van der Waals surface area contributed by atoms with Crippen molar-refractivity contribution >= 4 is 5.69 Å². The summed E-state index contributed by atoms with van der Waals surface area (Å²) in [5.41, 5.74) is -3.94. The van der Waals surface area contributed by atoms with Crippen LogP contribution in [0.1, 0.15) is 12.0 Å². The van der Waals surface area contributed by atoms with Crippen molar-refractivity contribution in [1.29, 1.82) is 0 Å². The summed E-state index contributed by atoms with van der Waals surface area (Å²) in [6.45, 7) is 0. The molecule has 1 saturated carbocycles. The molecule has 0 saturated heterocycles. The lowest BCUT2D eigenvalue weighted by atomic mass is 10.0. The van der Waals surface area contributed by atoms with Gasteiger partial charge < -0.3 is 0 Å². The number of nitrogens with zero attached hydrogens (tertiary/aromatic N) is 5. The smallest absolute Gasteiger partial charge is 0.258 e. The second-order valence-corrected chi connectivity index (χ2v) is 4.87. The molecule has 1 fully saturated rings. The Bertz CT molecular complexity index is 733. The van der Waals surface area contributed by atoms with E-state index < -0.39 is 40.4 Å². The lowest BCUT2D eigenvalue weighted by Crippen LogP contribution is -2.18. The molecule has 22 heavy (non-hydrogen) atoms. The van der Waals surface area contributed by atoms with Crippen LogP contribution in [0, 0.1) is 16.0 Å². The Balaban J connectivity index is 2.05. The summed E-state index contributed by atoms with van der Waals surface area (Å²) >= 11 is 0. The molecule has 3 rings (SSSR count). The van der Waals surface area contributed by atoms with E-state index in [1.165, 1.54) is 6.07 Å². The molecular formula is C11H7F4N5O2. The zero-order valence-electron chi connectivity index (χ0n) is 10.7. The third kappa shape index (κ3) is 2.18. The Morgan fingerprint density at radius 3 is 2.64 bits per heavy atom. The van der Waals surface area contributed by atoms with Crippen molar-refractivity contribution in [2.75, 3.05) is 0 Å². The quantitative estimate of drug-likeness (QED) is 0.492. The van der Waals surface area contributed by atoms with Gasteiger partial charge in [0.2, 0.25) is 0 Å². The maximum absolute atomic E-state index is 14.4. The van der Waals surface area contributed by atoms with Gasteiger partial charge in [-0.25, -0.2) is 9.07 Å². The van der Waals surface area contributed by atoms with Gasteiger partial charge in [0, 0.05) is 12.5 Å². The summed E-state index contributed by atoms with van der Waals surface area (Å²) in [6.07, 6.45) is -4.40. The largest absolute Gasteiger partial charge is 0.395 e. The van der Waals surface area contributed by atoms with Gasteiger partial charge in [0.05, 0.1) is 22.1 Å². The van der Waals surface area contributed by atoms with Crippen molar-refractivity contribution in [2.24, 2.45) is 5.92 Å². The van der Waals surface area contributed by atoms with E-state index in [0.29, 0.717) is 0 Å². The number of nitro benzene ring substituents is 1. The molecule has 1 heterocycles. The molecule has 0 radical (unpaired) electrons. The van der Waals surface area contributed by atoms with Gasteiger partial charge in [-0.05, 0) is 22.6 Å². The third-order valence-electron chi connectivity index (χ3n) is 3.53. The van der Waals surface area contributed by atoms with Crippen molar-refractivity contribution in [3.05, 3.63) is 40.2 Å². The summed E-state index contributed by atoms with van der Waals surface area (Å²) in [6, 6.07) is 3.14. The van der Waals surface area contributed by atoms with Crippen LogP contribution in [0.2, 0.25) is 0 Å². The Morgan fingerprint density at radius 1 is 1.41 bits per heavy atom. The van der Waals surface area contributed by atoms with Gasteiger partial charge in [-0.1, -0.05) is 0 Å². The average Bonchev–Trinajstić information content (AvgIpc) is 2.91. The first-order chi connectivity index (χ1) is 10.2. The van der Waals surface area contributed by atoms with Crippen LogP contribution in [0.4, 0.5) is 23.2 Å². The molecule has 0 aliphatic heterocycles. The van der Waals surface area contributed by atoms with Crippen molar-refractivity contribution < 1.29 is 22.5 Å². The molecule has 1 aliphatic carbocycles. The van der Waals surface area contributed by atoms with Gasteiger partial charge in [-0.2, -0.15) is 13.2 Å². The molecule has 7 nitrogen and oxygen atoms in total. The number of rotatable bonds is 3. The Morgan fingerprint density at radius 2 is 2.14 bits per heavy atom. The van der Waals surface area contributed by atoms with Gasteiger partial charge in [0.25, 0.3) is 5.69 Å². The standard InChI is InChI=1S/C11H7F4N5O2/c12-10(4-9(10)11(13,14)15)7-2-1-6(3-8(7)20(21)22)19-5-16-17-18-19/h1-3,5,9H,4H2. The van der Waals surface area contributed by atoms with Crippen LogP contribution in [-0.2, 0) is 5.67 Å². The van der Waals surface area contributed by atoms with Crippen molar-refractivity contribution in [3.8, 4) is 5.69 Å². The number of aromatic nitrogens is 4. The molecule has 0 amide bonds. The summed E-state index contributed by atoms with van der Waals surface area (Å²) < 4.78 is 53.3. The van der Waals surface area contributed by atoms with Gasteiger partial charge in [-0.15, -0.1) is 5.10 Å². The SMILES string of the molecule is O=[N+]([O-])c1cc(-n2cnnn2)ccc1C1(F)CC1C(F)(F)F. The highest BCUT2D eigenvalue weighted by molar-refractivity contribution is 5.53. The van der Waals surface area contributed by atoms with Crippen LogP contribution in [0.25, 0.3) is 5.69 Å². The predicted molar refractivity (Wildman–Crippen MR) is 62.8 cm³/mol. The summed E-state index contributed by atoms with van der Waals surface area (Å²) in [7, 11) is 0. The topological polar surface area (TPSA) is 86.7 Å². The minimum Gasteiger partial charge on any atom is -0.258 e. The molecule has 1 aliphatic rings. The highest BCUT2D eigenvalue weighted by atomic mass is 19.4. The van der Waals surface area contributed by atoms with E-state index in [9.17, 15) is 27.7 Å². The van der Waals surface area contributed by atoms with E-state index >= 15 is 0 Å². The Labute approximate surface area is 119 Å². The zero-order chi connectivity index (χ0) is 16.1. The summed E-state index contributed by atoms with van der Waals surface area (Å²) in [5, 5.41) is 21.3. The molecule has 2 aromatic rings. The lowest BCUT2D eigenvalue weighted by Gasteiger charge is -2.12. The monoisotopic (exact) mass is 317 g/mol. The average molecular weight is 317 g/mol. The zero-order valence-corrected chi connectivity index (χ0v) is 10.7. The normalized spacial score (nSPS) is 24.3. The number of nitro groups is 1. The maximum atomic E-state index is 14.4. The van der Waals surface area contributed by atoms with Crippen molar-refractivity contribution in [1.82, 2.24) is 20.2 Å². The second-order valence-electron chi connectivity index (χ2n) is 4.87. The van der Waals surface area contributed by atoms with Crippen LogP contribution < -0.4 is 0 Å². The number of tetrazole rings is 1. The Kier molecular flexibility index (Phi) is 2.90. The lowest BCUT2D eigenvalue weighted by molar-refractivity contribution is -0.386. The van der Waals surface area contributed by atoms with Gasteiger partial charge in [0.15, 0.2) is 5.67 Å². The Hall–Kier alpha value is -2.59. The van der Waals surface area contributed by atoms with Gasteiger partial charge >= 0.3 is 6.18 Å².